The van der Waals surface area contributed by atoms with Crippen molar-refractivity contribution in [2.75, 3.05) is 17.2 Å². The normalized spacial score (nSPS) is 28.1. The minimum atomic E-state index is -0.0589. The van der Waals surface area contributed by atoms with Crippen molar-refractivity contribution in [2.45, 2.75) is 51.2 Å². The number of nitrogens with one attached hydrogen (secondary N) is 2. The molecule has 0 bridgehead atoms. The molecule has 2 N–H and O–H groups in total. The molecule has 4 nitrogen and oxygen atoms in total. The van der Waals surface area contributed by atoms with E-state index in [1.54, 1.807) is 0 Å². The third-order valence-electron chi connectivity index (χ3n) is 4.52. The Hall–Kier alpha value is -1.26. The molecule has 0 aromatic heterocycles. The number of amides is 1. The van der Waals surface area contributed by atoms with Gasteiger partial charge in [-0.2, -0.15) is 0 Å². The molecule has 114 valence electrons. The second kappa shape index (κ2) is 5.50. The number of carbonyl (C=O) groups excluding carboxylic acids is 1. The van der Waals surface area contributed by atoms with Crippen LogP contribution < -0.4 is 10.6 Å². The third-order valence-corrected chi connectivity index (χ3v) is 4.83. The second-order valence-corrected chi connectivity index (χ2v) is 6.61. The Labute approximate surface area is 130 Å². The number of anilines is 2. The molecule has 1 aromatic rings. The zero-order chi connectivity index (χ0) is 15.0. The number of hydrogen-bond acceptors (Lipinski definition) is 3. The molecule has 21 heavy (non-hydrogen) atoms. The molecule has 1 amide bonds. The van der Waals surface area contributed by atoms with Crippen LogP contribution in [0.1, 0.15) is 38.7 Å². The lowest BCUT2D eigenvalue weighted by atomic mass is 9.89. The fraction of sp³-hybridized carbons (Fsp3) is 0.562. The van der Waals surface area contributed by atoms with Gasteiger partial charge in [0.05, 0.1) is 22.7 Å². The lowest BCUT2D eigenvalue weighted by Gasteiger charge is -2.38. The van der Waals surface area contributed by atoms with Crippen LogP contribution in [0, 0.1) is 0 Å². The van der Waals surface area contributed by atoms with Crippen LogP contribution in [-0.4, -0.2) is 24.2 Å². The summed E-state index contributed by atoms with van der Waals surface area (Å²) < 4.78 is 5.87. The number of halogens is 1. The quantitative estimate of drug-likeness (QED) is 0.897. The number of fused-ring (bicyclic) bond motifs is 1. The first-order valence-electron chi connectivity index (χ1n) is 7.52. The first-order valence-corrected chi connectivity index (χ1v) is 7.90. The molecule has 1 saturated heterocycles. The maximum Gasteiger partial charge on any atom is 0.228 e. The van der Waals surface area contributed by atoms with Gasteiger partial charge >= 0.3 is 0 Å². The van der Waals surface area contributed by atoms with Gasteiger partial charge in [0.15, 0.2) is 0 Å². The predicted molar refractivity (Wildman–Crippen MR) is 85.1 cm³/mol. The molecule has 0 saturated carbocycles. The first kappa shape index (κ1) is 14.7. The van der Waals surface area contributed by atoms with Gasteiger partial charge in [0, 0.05) is 18.3 Å². The molecule has 2 aliphatic heterocycles. The van der Waals surface area contributed by atoms with E-state index in [0.29, 0.717) is 17.5 Å². The first-order chi connectivity index (χ1) is 9.99. The average Bonchev–Trinajstić information content (AvgIpc) is 2.78. The van der Waals surface area contributed by atoms with E-state index in [1.165, 1.54) is 0 Å². The number of benzene rings is 1. The van der Waals surface area contributed by atoms with E-state index in [0.717, 1.165) is 42.8 Å². The molecule has 5 heteroatoms. The molecule has 3 rings (SSSR count). The monoisotopic (exact) mass is 308 g/mol. The molecule has 0 radical (unpaired) electrons. The second-order valence-electron chi connectivity index (χ2n) is 6.20. The Morgan fingerprint density at radius 1 is 1.52 bits per heavy atom. The van der Waals surface area contributed by atoms with E-state index in [-0.39, 0.29) is 11.5 Å². The highest BCUT2D eigenvalue weighted by Crippen LogP contribution is 2.35. The van der Waals surface area contributed by atoms with Crippen molar-refractivity contribution in [3.63, 3.8) is 0 Å². The van der Waals surface area contributed by atoms with Crippen molar-refractivity contribution in [1.29, 1.82) is 0 Å². The van der Waals surface area contributed by atoms with Crippen molar-refractivity contribution < 1.29 is 9.53 Å². The van der Waals surface area contributed by atoms with Crippen molar-refractivity contribution in [3.05, 3.63) is 22.7 Å². The van der Waals surface area contributed by atoms with Gasteiger partial charge in [-0.3, -0.25) is 4.79 Å². The fourth-order valence-electron chi connectivity index (χ4n) is 3.08. The van der Waals surface area contributed by atoms with Gasteiger partial charge in [-0.1, -0.05) is 18.5 Å². The van der Waals surface area contributed by atoms with E-state index < -0.39 is 0 Å². The maximum atomic E-state index is 11.4. The molecular formula is C16H21ClN2O2. The summed E-state index contributed by atoms with van der Waals surface area (Å²) in [6, 6.07) is 4.18. The minimum Gasteiger partial charge on any atom is -0.381 e. The molecule has 2 aliphatic rings. The van der Waals surface area contributed by atoms with Crippen molar-refractivity contribution in [1.82, 2.24) is 0 Å². The molecular weight excluding hydrogens is 288 g/mol. The zero-order valence-electron chi connectivity index (χ0n) is 12.5. The summed E-state index contributed by atoms with van der Waals surface area (Å²) in [5.41, 5.74) is 2.70. The van der Waals surface area contributed by atoms with Gasteiger partial charge < -0.3 is 15.4 Å². The van der Waals surface area contributed by atoms with Crippen LogP contribution in [0.5, 0.6) is 0 Å². The molecule has 0 spiro atoms. The van der Waals surface area contributed by atoms with Gasteiger partial charge in [0.25, 0.3) is 0 Å². The molecule has 1 fully saturated rings. The van der Waals surface area contributed by atoms with Crippen LogP contribution in [0.4, 0.5) is 11.4 Å². The Bertz CT molecular complexity index is 576. The van der Waals surface area contributed by atoms with Crippen LogP contribution in [0.25, 0.3) is 0 Å². The number of ether oxygens (including phenoxy) is 1. The summed E-state index contributed by atoms with van der Waals surface area (Å²) >= 11 is 6.33. The Balaban J connectivity index is 1.76. The Morgan fingerprint density at radius 3 is 3.10 bits per heavy atom. The summed E-state index contributed by atoms with van der Waals surface area (Å²) in [6.07, 6.45) is 3.37. The molecule has 2 atom stereocenters. The zero-order valence-corrected chi connectivity index (χ0v) is 13.2. The highest BCUT2D eigenvalue weighted by atomic mass is 35.5. The van der Waals surface area contributed by atoms with Crippen molar-refractivity contribution in [2.24, 2.45) is 0 Å². The number of rotatable bonds is 3. The lowest BCUT2D eigenvalue weighted by Crippen LogP contribution is -2.41. The topological polar surface area (TPSA) is 50.4 Å². The smallest absolute Gasteiger partial charge is 0.228 e. The van der Waals surface area contributed by atoms with Crippen molar-refractivity contribution in [3.8, 4) is 0 Å². The average molecular weight is 309 g/mol. The molecule has 0 aliphatic carbocycles. The van der Waals surface area contributed by atoms with Crippen LogP contribution in [0.3, 0.4) is 0 Å². The summed E-state index contributed by atoms with van der Waals surface area (Å²) in [6.45, 7) is 5.08. The van der Waals surface area contributed by atoms with Crippen molar-refractivity contribution >= 4 is 28.9 Å². The SMILES string of the molecule is CCC1(C)CC(Nc2cc3c(cc2Cl)NC(=O)C3)CCO1. The highest BCUT2D eigenvalue weighted by molar-refractivity contribution is 6.33. The van der Waals surface area contributed by atoms with E-state index >= 15 is 0 Å². The predicted octanol–water partition coefficient (Wildman–Crippen LogP) is 3.59. The lowest BCUT2D eigenvalue weighted by molar-refractivity contribution is -0.115. The number of hydrogen-bond donors (Lipinski definition) is 2. The van der Waals surface area contributed by atoms with E-state index in [4.69, 9.17) is 16.3 Å². The van der Waals surface area contributed by atoms with Gasteiger partial charge in [0.2, 0.25) is 5.91 Å². The van der Waals surface area contributed by atoms with Crippen LogP contribution in [-0.2, 0) is 16.0 Å². The van der Waals surface area contributed by atoms with Gasteiger partial charge in [0.1, 0.15) is 0 Å². The van der Waals surface area contributed by atoms with E-state index in [1.807, 2.05) is 12.1 Å². The largest absolute Gasteiger partial charge is 0.381 e. The van der Waals surface area contributed by atoms with Crippen LogP contribution in [0.2, 0.25) is 5.02 Å². The standard InChI is InChI=1S/C16H21ClN2O2/c1-3-16(2)9-11(4-5-21-16)18-14-6-10-7-15(20)19-13(10)8-12(14)17/h6,8,11,18H,3-5,7,9H2,1-2H3,(H,19,20). The fourth-order valence-corrected chi connectivity index (χ4v) is 3.30. The summed E-state index contributed by atoms with van der Waals surface area (Å²) in [5.74, 6) is 0.0304. The summed E-state index contributed by atoms with van der Waals surface area (Å²) in [4.78, 5) is 11.4. The molecule has 2 unspecified atom stereocenters. The Morgan fingerprint density at radius 2 is 2.33 bits per heavy atom. The maximum absolute atomic E-state index is 11.4. The molecule has 1 aromatic carbocycles. The summed E-state index contributed by atoms with van der Waals surface area (Å²) in [7, 11) is 0. The van der Waals surface area contributed by atoms with Gasteiger partial charge in [-0.05, 0) is 43.9 Å². The van der Waals surface area contributed by atoms with Gasteiger partial charge in [-0.25, -0.2) is 0 Å². The number of carbonyl (C=O) groups is 1. The third kappa shape index (κ3) is 3.01. The summed E-state index contributed by atoms with van der Waals surface area (Å²) in [5, 5.41) is 7.01. The molecule has 2 heterocycles. The van der Waals surface area contributed by atoms with Crippen LogP contribution >= 0.6 is 11.6 Å². The van der Waals surface area contributed by atoms with E-state index in [9.17, 15) is 4.79 Å². The van der Waals surface area contributed by atoms with E-state index in [2.05, 4.69) is 24.5 Å². The van der Waals surface area contributed by atoms with Crippen LogP contribution in [0.15, 0.2) is 12.1 Å². The highest BCUT2D eigenvalue weighted by Gasteiger charge is 2.32. The minimum absolute atomic E-state index is 0.0304. The van der Waals surface area contributed by atoms with Gasteiger partial charge in [-0.15, -0.1) is 0 Å². The Kier molecular flexibility index (Phi) is 3.84.